The molecule has 0 bridgehead atoms. The molecule has 0 radical (unpaired) electrons. The molecule has 1 saturated heterocycles. The van der Waals surface area contributed by atoms with E-state index in [1.165, 1.54) is 12.8 Å². The molecule has 8 nitrogen and oxygen atoms in total. The summed E-state index contributed by atoms with van der Waals surface area (Å²) in [5.74, 6) is 3.23. The fourth-order valence-electron chi connectivity index (χ4n) is 3.09. The second-order valence-corrected chi connectivity index (χ2v) is 6.88. The number of carbonyl (C=O) groups excluding carboxylic acids is 1. The standard InChI is InChI=1S/C21H28N4O4/c1-15(29-18-8-6-17(27-3)7-9-18)21(26)22-10-13-28-20-14-19(23-16(2)24-20)25-11-4-5-12-25/h6-9,14-15H,4-5,10-13H2,1-3H3,(H,22,26). The Labute approximate surface area is 171 Å². The number of ether oxygens (including phenoxy) is 3. The van der Waals surface area contributed by atoms with E-state index in [1.54, 1.807) is 38.3 Å². The predicted octanol–water partition coefficient (Wildman–Crippen LogP) is 2.36. The second-order valence-electron chi connectivity index (χ2n) is 6.88. The summed E-state index contributed by atoms with van der Waals surface area (Å²) in [4.78, 5) is 23.3. The van der Waals surface area contributed by atoms with Crippen LogP contribution < -0.4 is 24.4 Å². The fraction of sp³-hybridized carbons (Fsp3) is 0.476. The van der Waals surface area contributed by atoms with E-state index >= 15 is 0 Å². The van der Waals surface area contributed by atoms with Gasteiger partial charge in [-0.1, -0.05) is 0 Å². The van der Waals surface area contributed by atoms with Crippen molar-refractivity contribution in [3.05, 3.63) is 36.2 Å². The first-order chi connectivity index (χ1) is 14.0. The average molecular weight is 400 g/mol. The Morgan fingerprint density at radius 3 is 2.55 bits per heavy atom. The average Bonchev–Trinajstić information content (AvgIpc) is 3.26. The Morgan fingerprint density at radius 1 is 1.17 bits per heavy atom. The molecule has 1 N–H and O–H groups in total. The molecule has 1 aliphatic heterocycles. The maximum atomic E-state index is 12.2. The van der Waals surface area contributed by atoms with Crippen molar-refractivity contribution in [3.63, 3.8) is 0 Å². The van der Waals surface area contributed by atoms with Gasteiger partial charge in [0.05, 0.1) is 13.7 Å². The topological polar surface area (TPSA) is 85.8 Å². The fourth-order valence-corrected chi connectivity index (χ4v) is 3.09. The first kappa shape index (κ1) is 20.7. The van der Waals surface area contributed by atoms with E-state index in [0.717, 1.165) is 24.7 Å². The lowest BCUT2D eigenvalue weighted by Gasteiger charge is -2.18. The Hall–Kier alpha value is -3.03. The van der Waals surface area contributed by atoms with Crippen molar-refractivity contribution < 1.29 is 19.0 Å². The summed E-state index contributed by atoms with van der Waals surface area (Å²) in [6.45, 7) is 6.26. The lowest BCUT2D eigenvalue weighted by Crippen LogP contribution is -2.38. The van der Waals surface area contributed by atoms with Crippen LogP contribution in [-0.2, 0) is 4.79 Å². The van der Waals surface area contributed by atoms with Crippen LogP contribution in [-0.4, -0.2) is 55.3 Å². The Morgan fingerprint density at radius 2 is 1.86 bits per heavy atom. The van der Waals surface area contributed by atoms with Gasteiger partial charge in [0.2, 0.25) is 5.88 Å². The lowest BCUT2D eigenvalue weighted by atomic mass is 10.3. The minimum Gasteiger partial charge on any atom is -0.497 e. The molecule has 3 rings (SSSR count). The van der Waals surface area contributed by atoms with E-state index < -0.39 is 6.10 Å². The number of amides is 1. The van der Waals surface area contributed by atoms with Gasteiger partial charge in [0.25, 0.3) is 5.91 Å². The van der Waals surface area contributed by atoms with Crippen LogP contribution in [0.25, 0.3) is 0 Å². The third kappa shape index (κ3) is 5.97. The first-order valence-electron chi connectivity index (χ1n) is 9.87. The van der Waals surface area contributed by atoms with E-state index in [-0.39, 0.29) is 5.91 Å². The first-order valence-corrected chi connectivity index (χ1v) is 9.87. The molecule has 2 aromatic rings. The van der Waals surface area contributed by atoms with Gasteiger partial charge in [-0.25, -0.2) is 4.98 Å². The molecule has 2 heterocycles. The highest BCUT2D eigenvalue weighted by atomic mass is 16.5. The van der Waals surface area contributed by atoms with Gasteiger partial charge in [-0.2, -0.15) is 4.98 Å². The number of methoxy groups -OCH3 is 1. The van der Waals surface area contributed by atoms with Crippen molar-refractivity contribution in [2.75, 3.05) is 38.3 Å². The third-order valence-corrected chi connectivity index (χ3v) is 4.62. The summed E-state index contributed by atoms with van der Waals surface area (Å²) in [6, 6.07) is 8.96. The van der Waals surface area contributed by atoms with Crippen LogP contribution >= 0.6 is 0 Å². The maximum absolute atomic E-state index is 12.2. The number of hydrogen-bond donors (Lipinski definition) is 1. The molecule has 0 spiro atoms. The molecule has 1 amide bonds. The van der Waals surface area contributed by atoms with Gasteiger partial charge in [0.1, 0.15) is 29.7 Å². The number of hydrogen-bond acceptors (Lipinski definition) is 7. The zero-order chi connectivity index (χ0) is 20.6. The van der Waals surface area contributed by atoms with Crippen LogP contribution in [0.15, 0.2) is 30.3 Å². The van der Waals surface area contributed by atoms with Crippen molar-refractivity contribution in [1.82, 2.24) is 15.3 Å². The second kappa shape index (κ2) is 9.95. The number of aromatic nitrogens is 2. The number of nitrogens with one attached hydrogen (secondary N) is 1. The number of rotatable bonds is 9. The predicted molar refractivity (Wildman–Crippen MR) is 110 cm³/mol. The molecule has 156 valence electrons. The highest BCUT2D eigenvalue weighted by molar-refractivity contribution is 5.80. The van der Waals surface area contributed by atoms with E-state index in [9.17, 15) is 4.79 Å². The number of carbonyl (C=O) groups is 1. The zero-order valence-electron chi connectivity index (χ0n) is 17.2. The van der Waals surface area contributed by atoms with Crippen LogP contribution in [0, 0.1) is 6.92 Å². The summed E-state index contributed by atoms with van der Waals surface area (Å²) in [5.41, 5.74) is 0. The number of anilines is 1. The van der Waals surface area contributed by atoms with Crippen LogP contribution in [0.4, 0.5) is 5.82 Å². The largest absolute Gasteiger partial charge is 0.497 e. The SMILES string of the molecule is COc1ccc(OC(C)C(=O)NCCOc2cc(N3CCCC3)nc(C)n2)cc1. The molecule has 1 aromatic carbocycles. The van der Waals surface area contributed by atoms with Crippen molar-refractivity contribution in [2.45, 2.75) is 32.8 Å². The molecule has 0 aliphatic carbocycles. The van der Waals surface area contributed by atoms with Crippen LogP contribution in [0.1, 0.15) is 25.6 Å². The quantitative estimate of drug-likeness (QED) is 0.647. The van der Waals surface area contributed by atoms with Crippen molar-refractivity contribution in [1.29, 1.82) is 0 Å². The molecule has 1 unspecified atom stereocenters. The third-order valence-electron chi connectivity index (χ3n) is 4.62. The zero-order valence-corrected chi connectivity index (χ0v) is 17.2. The van der Waals surface area contributed by atoms with Crippen LogP contribution in [0.2, 0.25) is 0 Å². The lowest BCUT2D eigenvalue weighted by molar-refractivity contribution is -0.127. The van der Waals surface area contributed by atoms with E-state index in [4.69, 9.17) is 14.2 Å². The molecule has 29 heavy (non-hydrogen) atoms. The summed E-state index contributed by atoms with van der Waals surface area (Å²) in [7, 11) is 1.60. The molecule has 1 fully saturated rings. The highest BCUT2D eigenvalue weighted by Crippen LogP contribution is 2.21. The van der Waals surface area contributed by atoms with Gasteiger partial charge in [0, 0.05) is 19.2 Å². The van der Waals surface area contributed by atoms with Crippen molar-refractivity contribution >= 4 is 11.7 Å². The number of benzene rings is 1. The normalized spacial score (nSPS) is 14.4. The Balaban J connectivity index is 1.43. The maximum Gasteiger partial charge on any atom is 0.260 e. The molecule has 8 heteroatoms. The van der Waals surface area contributed by atoms with Crippen molar-refractivity contribution in [2.24, 2.45) is 0 Å². The number of nitrogens with zero attached hydrogens (tertiary/aromatic N) is 3. The van der Waals surface area contributed by atoms with Gasteiger partial charge >= 0.3 is 0 Å². The molecule has 1 atom stereocenters. The van der Waals surface area contributed by atoms with Crippen LogP contribution in [0.3, 0.4) is 0 Å². The summed E-state index contributed by atoms with van der Waals surface area (Å²) < 4.78 is 16.5. The van der Waals surface area contributed by atoms with Gasteiger partial charge < -0.3 is 24.4 Å². The summed E-state index contributed by atoms with van der Waals surface area (Å²) in [6.07, 6.45) is 1.75. The van der Waals surface area contributed by atoms with Crippen molar-refractivity contribution in [3.8, 4) is 17.4 Å². The Kier molecular flexibility index (Phi) is 7.10. The van der Waals surface area contributed by atoms with Crippen LogP contribution in [0.5, 0.6) is 17.4 Å². The van der Waals surface area contributed by atoms with E-state index in [1.807, 2.05) is 13.0 Å². The van der Waals surface area contributed by atoms with Gasteiger partial charge in [0.15, 0.2) is 6.10 Å². The Bertz CT molecular complexity index is 807. The highest BCUT2D eigenvalue weighted by Gasteiger charge is 2.16. The minimum atomic E-state index is -0.619. The summed E-state index contributed by atoms with van der Waals surface area (Å²) >= 11 is 0. The number of aryl methyl sites for hydroxylation is 1. The molecular formula is C21H28N4O4. The van der Waals surface area contributed by atoms with E-state index in [2.05, 4.69) is 20.2 Å². The molecular weight excluding hydrogens is 372 g/mol. The van der Waals surface area contributed by atoms with Gasteiger partial charge in [-0.3, -0.25) is 4.79 Å². The molecule has 0 saturated carbocycles. The summed E-state index contributed by atoms with van der Waals surface area (Å²) in [5, 5.41) is 2.81. The smallest absolute Gasteiger partial charge is 0.260 e. The minimum absolute atomic E-state index is 0.207. The van der Waals surface area contributed by atoms with Gasteiger partial charge in [-0.05, 0) is 51.0 Å². The van der Waals surface area contributed by atoms with Gasteiger partial charge in [-0.15, -0.1) is 0 Å². The molecule has 1 aliphatic rings. The molecule has 1 aromatic heterocycles. The monoisotopic (exact) mass is 400 g/mol. The van der Waals surface area contributed by atoms with E-state index in [0.29, 0.717) is 30.6 Å².